The van der Waals surface area contributed by atoms with Crippen LogP contribution in [-0.4, -0.2) is 65.3 Å². The van der Waals surface area contributed by atoms with Gasteiger partial charge < -0.3 is 19.3 Å². The number of aromatic nitrogens is 1. The lowest BCUT2D eigenvalue weighted by Crippen LogP contribution is -2.46. The summed E-state index contributed by atoms with van der Waals surface area (Å²) in [6.45, 7) is 4.54. The quantitative estimate of drug-likeness (QED) is 0.582. The second-order valence-electron chi connectivity index (χ2n) is 9.86. The topological polar surface area (TPSA) is 116 Å². The van der Waals surface area contributed by atoms with Crippen LogP contribution in [0.2, 0.25) is 0 Å². The van der Waals surface area contributed by atoms with E-state index >= 15 is 4.39 Å². The number of carboxylic acids is 1. The van der Waals surface area contributed by atoms with Gasteiger partial charge in [0.1, 0.15) is 23.1 Å². The number of carboxylic acid groups (broad SMARTS) is 1. The van der Waals surface area contributed by atoms with Crippen LogP contribution >= 0.6 is 0 Å². The fraction of sp³-hybridized carbons (Fsp3) is 0.538. The smallest absolute Gasteiger partial charge is 0.352 e. The molecule has 36 heavy (non-hydrogen) atoms. The molecule has 190 valence electrons. The van der Waals surface area contributed by atoms with Gasteiger partial charge in [0.05, 0.1) is 29.6 Å². The fourth-order valence-electron chi connectivity index (χ4n) is 5.95. The van der Waals surface area contributed by atoms with Crippen LogP contribution in [0.3, 0.4) is 0 Å². The van der Waals surface area contributed by atoms with E-state index in [0.29, 0.717) is 26.2 Å². The highest BCUT2D eigenvalue weighted by molar-refractivity contribution is 5.95. The van der Waals surface area contributed by atoms with Crippen LogP contribution in [0.25, 0.3) is 10.9 Å². The molecule has 1 N–H and O–H groups in total. The molecule has 5 rings (SSSR count). The van der Waals surface area contributed by atoms with Crippen LogP contribution in [0.4, 0.5) is 10.1 Å². The Kier molecular flexibility index (Phi) is 6.43. The average molecular weight is 497 g/mol. The molecule has 1 aromatic heterocycles. The van der Waals surface area contributed by atoms with Crippen molar-refractivity contribution in [1.82, 2.24) is 9.47 Å². The number of hydrogen-bond acceptors (Lipinski definition) is 7. The van der Waals surface area contributed by atoms with E-state index in [9.17, 15) is 24.8 Å². The molecule has 2 aromatic rings. The maximum absolute atomic E-state index is 15.6. The lowest BCUT2D eigenvalue weighted by Gasteiger charge is -2.36. The minimum Gasteiger partial charge on any atom is -0.477 e. The summed E-state index contributed by atoms with van der Waals surface area (Å²) in [4.78, 5) is 40.7. The zero-order valence-electron chi connectivity index (χ0n) is 20.2. The number of carbonyl (C=O) groups excluding carboxylic acids is 1. The molecule has 2 atom stereocenters. The molecule has 0 spiro atoms. The fourth-order valence-corrected chi connectivity index (χ4v) is 5.95. The Labute approximate surface area is 207 Å². The SMILES string of the molecule is CCOC(=O)CCN1CCC[C@H]2CN(c3c(F)cc4c(=O)cc(C(=O)O)n(C5CC5)c4c3C#N)C[C@H]21. The summed E-state index contributed by atoms with van der Waals surface area (Å²) in [5.74, 6) is -1.90. The van der Waals surface area contributed by atoms with Crippen molar-refractivity contribution in [3.63, 3.8) is 0 Å². The molecule has 3 heterocycles. The first kappa shape index (κ1) is 24.3. The van der Waals surface area contributed by atoms with Gasteiger partial charge in [-0.15, -0.1) is 0 Å². The van der Waals surface area contributed by atoms with Crippen molar-refractivity contribution < 1.29 is 23.8 Å². The molecule has 10 heteroatoms. The van der Waals surface area contributed by atoms with Gasteiger partial charge in [-0.1, -0.05) is 0 Å². The summed E-state index contributed by atoms with van der Waals surface area (Å²) in [6, 6.07) is 4.25. The van der Waals surface area contributed by atoms with Crippen molar-refractivity contribution in [3.8, 4) is 6.07 Å². The number of nitriles is 1. The number of halogens is 1. The maximum Gasteiger partial charge on any atom is 0.352 e. The van der Waals surface area contributed by atoms with E-state index in [0.717, 1.165) is 44.4 Å². The normalized spacial score (nSPS) is 21.9. The second kappa shape index (κ2) is 9.54. The van der Waals surface area contributed by atoms with E-state index in [1.54, 1.807) is 6.92 Å². The molecule has 0 unspecified atom stereocenters. The molecule has 9 nitrogen and oxygen atoms in total. The van der Waals surface area contributed by atoms with Crippen LogP contribution in [0.5, 0.6) is 0 Å². The van der Waals surface area contributed by atoms with Crippen molar-refractivity contribution in [2.75, 3.05) is 37.7 Å². The van der Waals surface area contributed by atoms with Crippen molar-refractivity contribution in [2.24, 2.45) is 5.92 Å². The number of aromatic carboxylic acids is 1. The number of ether oxygens (including phenoxy) is 1. The largest absolute Gasteiger partial charge is 0.477 e. The van der Waals surface area contributed by atoms with E-state index in [2.05, 4.69) is 11.0 Å². The molecule has 2 saturated heterocycles. The van der Waals surface area contributed by atoms with Crippen molar-refractivity contribution in [1.29, 1.82) is 5.26 Å². The molecule has 1 aliphatic carbocycles. The van der Waals surface area contributed by atoms with E-state index in [1.807, 2.05) is 4.90 Å². The Morgan fingerprint density at radius 3 is 2.69 bits per heavy atom. The molecule has 0 bridgehead atoms. The number of hydrogen-bond donors (Lipinski definition) is 1. The predicted octanol–water partition coefficient (Wildman–Crippen LogP) is 2.90. The summed E-state index contributed by atoms with van der Waals surface area (Å²) in [7, 11) is 0. The monoisotopic (exact) mass is 496 g/mol. The highest BCUT2D eigenvalue weighted by atomic mass is 19.1. The van der Waals surface area contributed by atoms with Gasteiger partial charge in [-0.05, 0) is 51.1 Å². The van der Waals surface area contributed by atoms with Gasteiger partial charge in [-0.2, -0.15) is 5.26 Å². The Bertz CT molecular complexity index is 1330. The minimum absolute atomic E-state index is 0.00817. The second-order valence-corrected chi connectivity index (χ2v) is 9.86. The third-order valence-corrected chi connectivity index (χ3v) is 7.62. The maximum atomic E-state index is 15.6. The van der Waals surface area contributed by atoms with Gasteiger partial charge in [-0.3, -0.25) is 14.5 Å². The minimum atomic E-state index is -1.25. The number of esters is 1. The van der Waals surface area contributed by atoms with Crippen LogP contribution in [0, 0.1) is 23.1 Å². The molecule has 0 amide bonds. The number of likely N-dealkylation sites (tertiary alicyclic amines) is 1. The molecule has 1 saturated carbocycles. The number of fused-ring (bicyclic) bond motifs is 2. The van der Waals surface area contributed by atoms with E-state index in [1.165, 1.54) is 4.57 Å². The number of carbonyl (C=O) groups is 2. The molecule has 3 aliphatic rings. The Morgan fingerprint density at radius 2 is 2.03 bits per heavy atom. The van der Waals surface area contributed by atoms with Gasteiger partial charge in [-0.25, -0.2) is 9.18 Å². The number of nitrogens with zero attached hydrogens (tertiary/aromatic N) is 4. The van der Waals surface area contributed by atoms with E-state index in [-0.39, 0.29) is 58.2 Å². The lowest BCUT2D eigenvalue weighted by atomic mass is 9.92. The van der Waals surface area contributed by atoms with Crippen LogP contribution in [-0.2, 0) is 9.53 Å². The number of anilines is 1. The van der Waals surface area contributed by atoms with Gasteiger partial charge in [0.25, 0.3) is 0 Å². The molecule has 3 fully saturated rings. The zero-order valence-corrected chi connectivity index (χ0v) is 20.2. The van der Waals surface area contributed by atoms with Crippen LogP contribution in [0.15, 0.2) is 16.9 Å². The highest BCUT2D eigenvalue weighted by Crippen LogP contribution is 2.42. The Balaban J connectivity index is 1.55. The summed E-state index contributed by atoms with van der Waals surface area (Å²) in [5.41, 5.74) is -0.448. The summed E-state index contributed by atoms with van der Waals surface area (Å²) < 4.78 is 22.2. The van der Waals surface area contributed by atoms with Crippen molar-refractivity contribution >= 4 is 28.5 Å². The van der Waals surface area contributed by atoms with E-state index in [4.69, 9.17) is 4.74 Å². The van der Waals surface area contributed by atoms with Crippen LogP contribution in [0.1, 0.15) is 61.1 Å². The third-order valence-electron chi connectivity index (χ3n) is 7.62. The third kappa shape index (κ3) is 4.22. The Hall–Kier alpha value is -3.45. The Morgan fingerprint density at radius 1 is 1.25 bits per heavy atom. The van der Waals surface area contributed by atoms with Crippen LogP contribution < -0.4 is 10.3 Å². The van der Waals surface area contributed by atoms with Crippen molar-refractivity contribution in [2.45, 2.75) is 51.1 Å². The lowest BCUT2D eigenvalue weighted by molar-refractivity contribution is -0.143. The predicted molar refractivity (Wildman–Crippen MR) is 130 cm³/mol. The van der Waals surface area contributed by atoms with Crippen molar-refractivity contribution in [3.05, 3.63) is 39.4 Å². The first-order valence-electron chi connectivity index (χ1n) is 12.5. The molecule has 1 aromatic carbocycles. The molecular weight excluding hydrogens is 467 g/mol. The number of benzene rings is 1. The standard InChI is InChI=1S/C26H29FN4O5/c1-2-36-23(33)7-9-29-8-3-4-15-13-30(14-21(15)29)25-18(12-28)24-17(10-19(25)27)22(32)11-20(26(34)35)31(24)16-5-6-16/h10-11,15-16,21H,2-9,13-14H2,1H3,(H,34,35)/t15-,21+/m0/s1. The average Bonchev–Trinajstić information content (AvgIpc) is 3.59. The first-order chi connectivity index (χ1) is 17.3. The molecular formula is C26H29FN4O5. The summed E-state index contributed by atoms with van der Waals surface area (Å²) in [6.07, 6.45) is 3.69. The van der Waals surface area contributed by atoms with Gasteiger partial charge >= 0.3 is 11.9 Å². The molecule has 2 aliphatic heterocycles. The highest BCUT2D eigenvalue weighted by Gasteiger charge is 2.41. The van der Waals surface area contributed by atoms with Gasteiger partial charge in [0.2, 0.25) is 0 Å². The van der Waals surface area contributed by atoms with Gasteiger partial charge in [0.15, 0.2) is 5.43 Å². The number of pyridine rings is 1. The van der Waals surface area contributed by atoms with Gasteiger partial charge in [0, 0.05) is 37.8 Å². The first-order valence-corrected chi connectivity index (χ1v) is 12.5. The van der Waals surface area contributed by atoms with E-state index < -0.39 is 17.2 Å². The number of piperidine rings is 1. The molecule has 0 radical (unpaired) electrons. The summed E-state index contributed by atoms with van der Waals surface area (Å²) in [5, 5.41) is 20.0. The number of rotatable bonds is 7. The summed E-state index contributed by atoms with van der Waals surface area (Å²) >= 11 is 0. The zero-order chi connectivity index (χ0) is 25.6.